The van der Waals surface area contributed by atoms with E-state index in [1.54, 1.807) is 11.3 Å². The van der Waals surface area contributed by atoms with Gasteiger partial charge in [0.25, 0.3) is 0 Å². The number of halogens is 1. The van der Waals surface area contributed by atoms with Crippen LogP contribution >= 0.6 is 22.9 Å². The van der Waals surface area contributed by atoms with E-state index >= 15 is 0 Å². The number of carbonyl (C=O) groups excluding carboxylic acids is 1. The average molecular weight is 350 g/mol. The molecule has 0 aromatic carbocycles. The number of hydrogen-bond acceptors (Lipinski definition) is 4. The van der Waals surface area contributed by atoms with Crippen molar-refractivity contribution in [3.8, 4) is 0 Å². The minimum absolute atomic E-state index is 0.00302. The van der Waals surface area contributed by atoms with E-state index in [4.69, 9.17) is 11.6 Å². The van der Waals surface area contributed by atoms with E-state index < -0.39 is 9.84 Å². The largest absolute Gasteiger partial charge is 0.356 e. The first-order valence-corrected chi connectivity index (χ1v) is 10.2. The van der Waals surface area contributed by atoms with Crippen molar-refractivity contribution in [1.82, 2.24) is 5.32 Å². The van der Waals surface area contributed by atoms with Crippen LogP contribution in [0.1, 0.15) is 30.6 Å². The number of sulfone groups is 1. The maximum absolute atomic E-state index is 11.7. The highest BCUT2D eigenvalue weighted by Gasteiger charge is 2.29. The van der Waals surface area contributed by atoms with Gasteiger partial charge in [-0.3, -0.25) is 4.79 Å². The predicted octanol–water partition coefficient (Wildman–Crippen LogP) is 2.67. The third-order valence-electron chi connectivity index (χ3n) is 3.60. The van der Waals surface area contributed by atoms with E-state index in [1.807, 2.05) is 12.1 Å². The Bertz CT molecular complexity index is 583. The molecule has 1 aromatic heterocycles. The van der Waals surface area contributed by atoms with Gasteiger partial charge in [0.1, 0.15) is 0 Å². The number of amides is 1. The van der Waals surface area contributed by atoms with Crippen LogP contribution in [0.25, 0.3) is 0 Å². The van der Waals surface area contributed by atoms with Crippen LogP contribution in [-0.2, 0) is 21.1 Å². The lowest BCUT2D eigenvalue weighted by atomic mass is 10.1. The normalized spacial score (nSPS) is 20.5. The Morgan fingerprint density at radius 2 is 2.19 bits per heavy atom. The van der Waals surface area contributed by atoms with Gasteiger partial charge in [-0.05, 0) is 43.7 Å². The maximum Gasteiger partial charge on any atom is 0.220 e. The van der Waals surface area contributed by atoms with Crippen molar-refractivity contribution in [2.75, 3.05) is 18.1 Å². The second kappa shape index (κ2) is 7.61. The van der Waals surface area contributed by atoms with Gasteiger partial charge in [0.05, 0.1) is 15.8 Å². The number of carbonyl (C=O) groups is 1. The summed E-state index contributed by atoms with van der Waals surface area (Å²) in [4.78, 5) is 13.0. The van der Waals surface area contributed by atoms with Crippen molar-refractivity contribution < 1.29 is 13.2 Å². The molecule has 0 saturated carbocycles. The summed E-state index contributed by atoms with van der Waals surface area (Å²) < 4.78 is 23.4. The van der Waals surface area contributed by atoms with Gasteiger partial charge in [0.15, 0.2) is 9.84 Å². The van der Waals surface area contributed by atoms with Crippen LogP contribution in [0.2, 0.25) is 4.34 Å². The molecule has 1 fully saturated rings. The fourth-order valence-electron chi connectivity index (χ4n) is 2.51. The van der Waals surface area contributed by atoms with Gasteiger partial charge in [-0.15, -0.1) is 11.3 Å². The summed E-state index contributed by atoms with van der Waals surface area (Å²) in [7, 11) is -2.89. The number of unbranched alkanes of at least 4 members (excludes halogenated alkanes) is 1. The molecule has 0 bridgehead atoms. The highest BCUT2D eigenvalue weighted by Crippen LogP contribution is 2.23. The third-order valence-corrected chi connectivity index (χ3v) is 6.73. The molecule has 1 saturated heterocycles. The minimum atomic E-state index is -2.89. The summed E-state index contributed by atoms with van der Waals surface area (Å²) in [5, 5.41) is 2.87. The molecule has 118 valence electrons. The Hall–Kier alpha value is -0.590. The van der Waals surface area contributed by atoms with Gasteiger partial charge in [0, 0.05) is 17.8 Å². The van der Waals surface area contributed by atoms with Crippen molar-refractivity contribution in [3.05, 3.63) is 21.3 Å². The molecule has 7 heteroatoms. The van der Waals surface area contributed by atoms with Crippen LogP contribution in [0.3, 0.4) is 0 Å². The zero-order valence-electron chi connectivity index (χ0n) is 11.8. The summed E-state index contributed by atoms with van der Waals surface area (Å²) in [6.45, 7) is 0.650. The molecule has 1 aromatic rings. The molecule has 0 aliphatic carbocycles. The topological polar surface area (TPSA) is 63.2 Å². The summed E-state index contributed by atoms with van der Waals surface area (Å²) in [6.07, 6.45) is 3.86. The molecule has 4 nitrogen and oxygen atoms in total. The number of thiophene rings is 1. The first kappa shape index (κ1) is 16.8. The first-order valence-electron chi connectivity index (χ1n) is 7.16. The number of rotatable bonds is 7. The van der Waals surface area contributed by atoms with Crippen LogP contribution in [0.4, 0.5) is 0 Å². The predicted molar refractivity (Wildman–Crippen MR) is 86.7 cm³/mol. The molecule has 21 heavy (non-hydrogen) atoms. The van der Waals surface area contributed by atoms with Crippen molar-refractivity contribution in [1.29, 1.82) is 0 Å². The molecule has 0 spiro atoms. The second-order valence-electron chi connectivity index (χ2n) is 5.49. The van der Waals surface area contributed by atoms with Gasteiger partial charge < -0.3 is 5.32 Å². The zero-order valence-corrected chi connectivity index (χ0v) is 14.2. The third kappa shape index (κ3) is 5.96. The second-order valence-corrected chi connectivity index (χ2v) is 9.51. The molecule has 1 amide bonds. The van der Waals surface area contributed by atoms with Crippen molar-refractivity contribution >= 4 is 38.7 Å². The average Bonchev–Trinajstić information content (AvgIpc) is 2.95. The fraction of sp³-hybridized carbons (Fsp3) is 0.643. The molecular weight excluding hydrogens is 330 g/mol. The molecule has 1 atom stereocenters. The van der Waals surface area contributed by atoms with Crippen molar-refractivity contribution in [3.63, 3.8) is 0 Å². The number of aryl methyl sites for hydroxylation is 1. The van der Waals surface area contributed by atoms with Crippen LogP contribution < -0.4 is 5.32 Å². The highest BCUT2D eigenvalue weighted by molar-refractivity contribution is 7.91. The van der Waals surface area contributed by atoms with Crippen molar-refractivity contribution in [2.45, 2.75) is 32.1 Å². The molecular formula is C14H20ClNO3S2. The van der Waals surface area contributed by atoms with Crippen LogP contribution in [0, 0.1) is 5.92 Å². The Morgan fingerprint density at radius 3 is 2.81 bits per heavy atom. The minimum Gasteiger partial charge on any atom is -0.356 e. The quantitative estimate of drug-likeness (QED) is 0.770. The van der Waals surface area contributed by atoms with Gasteiger partial charge >= 0.3 is 0 Å². The molecule has 1 N–H and O–H groups in total. The van der Waals surface area contributed by atoms with Gasteiger partial charge in [0.2, 0.25) is 5.91 Å². The summed E-state index contributed by atoms with van der Waals surface area (Å²) in [5.74, 6) is 0.368. The lowest BCUT2D eigenvalue weighted by molar-refractivity contribution is -0.121. The van der Waals surface area contributed by atoms with Crippen LogP contribution in [-0.4, -0.2) is 32.4 Å². The number of hydrogen-bond donors (Lipinski definition) is 1. The molecule has 1 aliphatic heterocycles. The molecule has 2 rings (SSSR count). The van der Waals surface area contributed by atoms with Gasteiger partial charge in [-0.25, -0.2) is 8.42 Å². The summed E-state index contributed by atoms with van der Waals surface area (Å²) >= 11 is 7.46. The van der Waals surface area contributed by atoms with E-state index in [0.717, 1.165) is 23.6 Å². The first-order chi connectivity index (χ1) is 9.94. The Morgan fingerprint density at radius 1 is 1.38 bits per heavy atom. The van der Waals surface area contributed by atoms with E-state index in [0.29, 0.717) is 19.4 Å². The van der Waals surface area contributed by atoms with Crippen LogP contribution in [0.5, 0.6) is 0 Å². The monoisotopic (exact) mass is 349 g/mol. The smallest absolute Gasteiger partial charge is 0.220 e. The van der Waals surface area contributed by atoms with E-state index in [2.05, 4.69) is 5.32 Å². The zero-order chi connectivity index (χ0) is 15.3. The van der Waals surface area contributed by atoms with Gasteiger partial charge in [-0.1, -0.05) is 11.6 Å². The highest BCUT2D eigenvalue weighted by atomic mass is 35.5. The SMILES string of the molecule is O=C(CC1CCS(=O)(=O)C1)NCCCCc1ccc(Cl)s1. The lowest BCUT2D eigenvalue weighted by Crippen LogP contribution is -2.26. The van der Waals surface area contributed by atoms with E-state index in [9.17, 15) is 13.2 Å². The molecule has 1 aliphatic rings. The summed E-state index contributed by atoms with van der Waals surface area (Å²) in [5.41, 5.74) is 0. The molecule has 2 heterocycles. The Labute approximate surface area is 134 Å². The Balaban J connectivity index is 1.55. The summed E-state index contributed by atoms with van der Waals surface area (Å²) in [6, 6.07) is 3.94. The van der Waals surface area contributed by atoms with E-state index in [-0.39, 0.29) is 23.3 Å². The fourth-order valence-corrected chi connectivity index (χ4v) is 5.50. The lowest BCUT2D eigenvalue weighted by Gasteiger charge is -2.08. The number of nitrogens with one attached hydrogen (secondary N) is 1. The van der Waals surface area contributed by atoms with Crippen LogP contribution in [0.15, 0.2) is 12.1 Å². The standard InChI is InChI=1S/C14H20ClNO3S2/c15-13-5-4-12(20-13)3-1-2-7-16-14(17)9-11-6-8-21(18,19)10-11/h4-5,11H,1-3,6-10H2,(H,16,17). The maximum atomic E-state index is 11.7. The van der Waals surface area contributed by atoms with Crippen molar-refractivity contribution in [2.24, 2.45) is 5.92 Å². The van der Waals surface area contributed by atoms with Gasteiger partial charge in [-0.2, -0.15) is 0 Å². The van der Waals surface area contributed by atoms with E-state index in [1.165, 1.54) is 4.88 Å². The Kier molecular flexibility index (Phi) is 6.08. The molecule has 1 unspecified atom stereocenters. The molecule has 0 radical (unpaired) electrons.